The Kier molecular flexibility index (Phi) is 5.62. The zero-order valence-electron chi connectivity index (χ0n) is 11.6. The number of ether oxygens (including phenoxy) is 1. The Labute approximate surface area is 137 Å². The Morgan fingerprint density at radius 1 is 1.29 bits per heavy atom. The van der Waals surface area contributed by atoms with Crippen molar-refractivity contribution in [3.63, 3.8) is 0 Å². The Balaban J connectivity index is 2.06. The predicted octanol–water partition coefficient (Wildman–Crippen LogP) is 4.71. The van der Waals surface area contributed by atoms with Gasteiger partial charge in [-0.15, -0.1) is 0 Å². The first-order valence-corrected chi connectivity index (χ1v) is 7.73. The van der Waals surface area contributed by atoms with Gasteiger partial charge in [0.2, 0.25) is 0 Å². The number of benzene rings is 2. The second-order valence-corrected chi connectivity index (χ2v) is 6.29. The van der Waals surface area contributed by atoms with Gasteiger partial charge in [-0.1, -0.05) is 39.7 Å². The number of halogens is 3. The van der Waals surface area contributed by atoms with Gasteiger partial charge >= 0.3 is 0 Å². The highest BCUT2D eigenvalue weighted by atomic mass is 79.9. The van der Waals surface area contributed by atoms with Crippen molar-refractivity contribution in [2.75, 3.05) is 0 Å². The summed E-state index contributed by atoms with van der Waals surface area (Å²) in [6.45, 7) is 2.07. The zero-order valence-corrected chi connectivity index (χ0v) is 13.9. The van der Waals surface area contributed by atoms with Crippen LogP contribution in [0.3, 0.4) is 0 Å². The number of hydrogen-bond acceptors (Lipinski definition) is 2. The first-order valence-electron chi connectivity index (χ1n) is 6.56. The van der Waals surface area contributed by atoms with Crippen molar-refractivity contribution in [1.82, 2.24) is 0 Å². The second kappa shape index (κ2) is 7.25. The molecule has 1 unspecified atom stereocenters. The lowest BCUT2D eigenvalue weighted by Crippen LogP contribution is -2.17. The molecule has 0 amide bonds. The minimum absolute atomic E-state index is 0.0738. The van der Waals surface area contributed by atoms with E-state index in [0.29, 0.717) is 20.8 Å². The van der Waals surface area contributed by atoms with Crippen LogP contribution in [-0.2, 0) is 13.0 Å². The molecule has 1 atom stereocenters. The molecule has 5 heteroatoms. The molecule has 0 aliphatic heterocycles. The van der Waals surface area contributed by atoms with Crippen molar-refractivity contribution in [3.8, 4) is 5.75 Å². The zero-order chi connectivity index (χ0) is 15.4. The van der Waals surface area contributed by atoms with E-state index < -0.39 is 0 Å². The van der Waals surface area contributed by atoms with Crippen LogP contribution in [0.15, 0.2) is 40.9 Å². The fourth-order valence-electron chi connectivity index (χ4n) is 1.95. The van der Waals surface area contributed by atoms with Crippen molar-refractivity contribution in [3.05, 3.63) is 62.8 Å². The summed E-state index contributed by atoms with van der Waals surface area (Å²) in [6.07, 6.45) is 0.751. The van der Waals surface area contributed by atoms with Gasteiger partial charge in [-0.05, 0) is 43.2 Å². The van der Waals surface area contributed by atoms with Crippen LogP contribution in [0.1, 0.15) is 18.1 Å². The van der Waals surface area contributed by atoms with E-state index >= 15 is 0 Å². The number of nitrogens with two attached hydrogens (primary N) is 1. The maximum atomic E-state index is 13.7. The van der Waals surface area contributed by atoms with E-state index in [1.54, 1.807) is 18.2 Å². The lowest BCUT2D eigenvalue weighted by atomic mass is 10.1. The molecule has 0 bridgehead atoms. The molecule has 2 rings (SSSR count). The first-order chi connectivity index (χ1) is 9.95. The highest BCUT2D eigenvalue weighted by Gasteiger charge is 2.08. The lowest BCUT2D eigenvalue weighted by molar-refractivity contribution is 0.300. The van der Waals surface area contributed by atoms with Crippen LogP contribution in [0, 0.1) is 5.82 Å². The minimum atomic E-state index is -0.311. The fourth-order valence-corrected chi connectivity index (χ4v) is 2.55. The van der Waals surface area contributed by atoms with Crippen LogP contribution in [0.4, 0.5) is 4.39 Å². The molecule has 0 aliphatic carbocycles. The van der Waals surface area contributed by atoms with Gasteiger partial charge in [-0.25, -0.2) is 4.39 Å². The molecule has 21 heavy (non-hydrogen) atoms. The minimum Gasteiger partial charge on any atom is -0.487 e. The van der Waals surface area contributed by atoms with Gasteiger partial charge in [0.15, 0.2) is 0 Å². The Morgan fingerprint density at radius 3 is 2.67 bits per heavy atom. The van der Waals surface area contributed by atoms with E-state index in [-0.39, 0.29) is 18.5 Å². The summed E-state index contributed by atoms with van der Waals surface area (Å²) in [4.78, 5) is 0. The summed E-state index contributed by atoms with van der Waals surface area (Å²) in [7, 11) is 0. The van der Waals surface area contributed by atoms with Gasteiger partial charge in [-0.2, -0.15) is 0 Å². The van der Waals surface area contributed by atoms with Gasteiger partial charge in [0.25, 0.3) is 0 Å². The van der Waals surface area contributed by atoms with Gasteiger partial charge in [0, 0.05) is 16.1 Å². The molecule has 2 nitrogen and oxygen atoms in total. The smallest absolute Gasteiger partial charge is 0.138 e. The van der Waals surface area contributed by atoms with Gasteiger partial charge in [0.1, 0.15) is 18.2 Å². The van der Waals surface area contributed by atoms with Crippen molar-refractivity contribution in [2.45, 2.75) is 26.0 Å². The molecule has 2 N–H and O–H groups in total. The van der Waals surface area contributed by atoms with Gasteiger partial charge in [0.05, 0.1) is 5.02 Å². The highest BCUT2D eigenvalue weighted by Crippen LogP contribution is 2.27. The van der Waals surface area contributed by atoms with Crippen LogP contribution in [-0.4, -0.2) is 6.04 Å². The van der Waals surface area contributed by atoms with Crippen LogP contribution in [0.25, 0.3) is 0 Å². The third-order valence-corrected chi connectivity index (χ3v) is 3.74. The highest BCUT2D eigenvalue weighted by molar-refractivity contribution is 9.10. The summed E-state index contributed by atoms with van der Waals surface area (Å²) >= 11 is 9.40. The molecule has 112 valence electrons. The molecule has 0 aliphatic rings. The standard InChI is InChI=1S/C16H16BrClFNO/c1-10(20)6-11-2-5-16(14(18)7-11)21-9-12-3-4-13(17)8-15(12)19/h2-5,7-8,10H,6,9,20H2,1H3. The van der Waals surface area contributed by atoms with Crippen LogP contribution in [0.5, 0.6) is 5.75 Å². The summed E-state index contributed by atoms with van der Waals surface area (Å²) < 4.78 is 20.0. The Morgan fingerprint density at radius 2 is 2.05 bits per heavy atom. The maximum Gasteiger partial charge on any atom is 0.138 e. The number of rotatable bonds is 5. The molecule has 0 saturated heterocycles. The van der Waals surface area contributed by atoms with Crippen molar-refractivity contribution in [2.24, 2.45) is 5.73 Å². The quantitative estimate of drug-likeness (QED) is 0.825. The van der Waals surface area contributed by atoms with Crippen LogP contribution in [0.2, 0.25) is 5.02 Å². The average Bonchev–Trinajstić information content (AvgIpc) is 2.39. The third-order valence-electron chi connectivity index (χ3n) is 2.95. The molecular formula is C16H16BrClFNO. The van der Waals surface area contributed by atoms with E-state index in [9.17, 15) is 4.39 Å². The monoisotopic (exact) mass is 371 g/mol. The Bertz CT molecular complexity index is 634. The average molecular weight is 373 g/mol. The summed E-state index contributed by atoms with van der Waals surface area (Å²) in [6, 6.07) is 10.5. The van der Waals surface area contributed by atoms with E-state index in [1.165, 1.54) is 6.07 Å². The second-order valence-electron chi connectivity index (χ2n) is 4.97. The molecule has 0 radical (unpaired) electrons. The van der Waals surface area contributed by atoms with E-state index in [2.05, 4.69) is 15.9 Å². The van der Waals surface area contributed by atoms with E-state index in [4.69, 9.17) is 22.1 Å². The van der Waals surface area contributed by atoms with E-state index in [0.717, 1.165) is 12.0 Å². The topological polar surface area (TPSA) is 35.2 Å². The summed E-state index contributed by atoms with van der Waals surface area (Å²) in [5.74, 6) is 0.224. The molecular weight excluding hydrogens is 357 g/mol. The molecule has 2 aromatic rings. The molecule has 0 fully saturated rings. The fraction of sp³-hybridized carbons (Fsp3) is 0.250. The first kappa shape index (κ1) is 16.3. The Hall–Kier alpha value is -1.10. The lowest BCUT2D eigenvalue weighted by Gasteiger charge is -2.11. The molecule has 2 aromatic carbocycles. The van der Waals surface area contributed by atoms with Crippen LogP contribution < -0.4 is 10.5 Å². The normalized spacial score (nSPS) is 12.2. The van der Waals surface area contributed by atoms with Crippen molar-refractivity contribution >= 4 is 27.5 Å². The van der Waals surface area contributed by atoms with Crippen molar-refractivity contribution in [1.29, 1.82) is 0 Å². The SMILES string of the molecule is CC(N)Cc1ccc(OCc2ccc(Br)cc2F)c(Cl)c1. The number of hydrogen-bond donors (Lipinski definition) is 1. The molecule has 0 heterocycles. The van der Waals surface area contributed by atoms with Crippen LogP contribution >= 0.6 is 27.5 Å². The molecule has 0 spiro atoms. The summed E-state index contributed by atoms with van der Waals surface area (Å²) in [5.41, 5.74) is 7.29. The van der Waals surface area contributed by atoms with E-state index in [1.807, 2.05) is 19.1 Å². The predicted molar refractivity (Wildman–Crippen MR) is 87.2 cm³/mol. The molecule has 0 aromatic heterocycles. The third kappa shape index (κ3) is 4.70. The van der Waals surface area contributed by atoms with Gasteiger partial charge < -0.3 is 10.5 Å². The largest absolute Gasteiger partial charge is 0.487 e. The molecule has 0 saturated carbocycles. The maximum absolute atomic E-state index is 13.7. The van der Waals surface area contributed by atoms with Crippen molar-refractivity contribution < 1.29 is 9.13 Å². The van der Waals surface area contributed by atoms with Gasteiger partial charge in [-0.3, -0.25) is 0 Å². The summed E-state index contributed by atoms with van der Waals surface area (Å²) in [5, 5.41) is 0.505.